The summed E-state index contributed by atoms with van der Waals surface area (Å²) in [7, 11) is 1.70. The Morgan fingerprint density at radius 1 is 1.53 bits per heavy atom. The molecule has 1 aliphatic rings. The predicted octanol–water partition coefficient (Wildman–Crippen LogP) is 1.91. The lowest BCUT2D eigenvalue weighted by Crippen LogP contribution is -2.33. The number of Topliss-reactive ketones (excluding diaryl/α,β-unsaturated/α-hetero) is 1. The molecule has 1 aromatic heterocycles. The van der Waals surface area contributed by atoms with Crippen LogP contribution in [0.5, 0.6) is 0 Å². The topological polar surface area (TPSA) is 50.3 Å². The fraction of sp³-hybridized carbons (Fsp3) is 0.417. The second kappa shape index (κ2) is 3.91. The molecule has 0 saturated heterocycles. The number of ketones is 1. The summed E-state index contributed by atoms with van der Waals surface area (Å²) >= 11 is 3.13. The van der Waals surface area contributed by atoms with Crippen molar-refractivity contribution in [1.29, 1.82) is 0 Å². The van der Waals surface area contributed by atoms with Gasteiger partial charge in [0, 0.05) is 24.4 Å². The fourth-order valence-electron chi connectivity index (χ4n) is 2.05. The van der Waals surface area contributed by atoms with Gasteiger partial charge in [-0.3, -0.25) is 14.5 Å². The van der Waals surface area contributed by atoms with Gasteiger partial charge in [0.25, 0.3) is 0 Å². The summed E-state index contributed by atoms with van der Waals surface area (Å²) in [6.45, 7) is 3.70. The van der Waals surface area contributed by atoms with Gasteiger partial charge in [-0.25, -0.2) is 4.98 Å². The number of alkyl halides is 1. The minimum Gasteiger partial charge on any atom is -0.299 e. The first kappa shape index (κ1) is 12.2. The Morgan fingerprint density at radius 3 is 2.76 bits per heavy atom. The number of amides is 1. The monoisotopic (exact) mass is 296 g/mol. The maximum Gasteiger partial charge on any atom is 0.238 e. The number of fused-ring (bicyclic) bond motifs is 1. The summed E-state index contributed by atoms with van der Waals surface area (Å²) < 4.78 is 0. The Morgan fingerprint density at radius 2 is 2.18 bits per heavy atom. The molecule has 0 aromatic carbocycles. The maximum atomic E-state index is 12.0. The summed E-state index contributed by atoms with van der Waals surface area (Å²) in [5, 5.41) is 0.262. The highest BCUT2D eigenvalue weighted by Crippen LogP contribution is 2.39. The van der Waals surface area contributed by atoms with Gasteiger partial charge in [-0.15, -0.1) is 0 Å². The van der Waals surface area contributed by atoms with Crippen LogP contribution in [-0.4, -0.2) is 29.1 Å². The summed E-state index contributed by atoms with van der Waals surface area (Å²) in [5.41, 5.74) is 0.744. The first-order valence-corrected chi connectivity index (χ1v) is 6.39. The van der Waals surface area contributed by atoms with E-state index in [0.717, 1.165) is 5.56 Å². The Balaban J connectivity index is 2.58. The van der Waals surface area contributed by atoms with Crippen LogP contribution in [0, 0.1) is 0 Å². The van der Waals surface area contributed by atoms with Crippen molar-refractivity contribution in [2.24, 2.45) is 0 Å². The molecule has 0 fully saturated rings. The van der Waals surface area contributed by atoms with Gasteiger partial charge in [0.1, 0.15) is 5.82 Å². The average Bonchev–Trinajstić information content (AvgIpc) is 2.50. The molecule has 17 heavy (non-hydrogen) atoms. The zero-order valence-electron chi connectivity index (χ0n) is 9.95. The number of halogens is 1. The van der Waals surface area contributed by atoms with Crippen molar-refractivity contribution in [1.82, 2.24) is 4.98 Å². The second-order valence-corrected chi connectivity index (χ2v) is 5.20. The van der Waals surface area contributed by atoms with E-state index in [2.05, 4.69) is 20.9 Å². The molecule has 2 heterocycles. The lowest BCUT2D eigenvalue weighted by atomic mass is 9.86. The smallest absolute Gasteiger partial charge is 0.238 e. The standard InChI is InChI=1S/C12H13BrN2O2/c1-12(2)8-4-7(9(16)5-13)6-14-10(8)15(3)11(12)17/h4,6H,5H2,1-3H3. The number of carbonyl (C=O) groups excluding carboxylic acids is 2. The van der Waals surface area contributed by atoms with Gasteiger partial charge in [0.15, 0.2) is 5.78 Å². The van der Waals surface area contributed by atoms with Crippen LogP contribution in [-0.2, 0) is 10.2 Å². The van der Waals surface area contributed by atoms with Crippen LogP contribution in [0.25, 0.3) is 0 Å². The van der Waals surface area contributed by atoms with Gasteiger partial charge in [0.2, 0.25) is 5.91 Å². The van der Waals surface area contributed by atoms with Gasteiger partial charge >= 0.3 is 0 Å². The Kier molecular flexibility index (Phi) is 2.81. The van der Waals surface area contributed by atoms with Crippen molar-refractivity contribution in [3.05, 3.63) is 23.4 Å². The van der Waals surface area contributed by atoms with E-state index < -0.39 is 5.41 Å². The molecule has 5 heteroatoms. The lowest BCUT2D eigenvalue weighted by Gasteiger charge is -2.16. The number of rotatable bonds is 2. The Labute approximate surface area is 108 Å². The van der Waals surface area contributed by atoms with Gasteiger partial charge in [0.05, 0.1) is 10.7 Å². The first-order valence-electron chi connectivity index (χ1n) is 5.27. The molecule has 90 valence electrons. The van der Waals surface area contributed by atoms with Crippen molar-refractivity contribution in [2.45, 2.75) is 19.3 Å². The molecular formula is C12H13BrN2O2. The van der Waals surface area contributed by atoms with Crippen molar-refractivity contribution in [2.75, 3.05) is 17.3 Å². The molecule has 0 aliphatic carbocycles. The number of hydrogen-bond donors (Lipinski definition) is 0. The molecule has 1 aliphatic heterocycles. The molecule has 0 N–H and O–H groups in total. The minimum absolute atomic E-state index is 0.00319. The van der Waals surface area contributed by atoms with Gasteiger partial charge < -0.3 is 0 Å². The van der Waals surface area contributed by atoms with Gasteiger partial charge in [-0.1, -0.05) is 15.9 Å². The third kappa shape index (κ3) is 1.69. The van der Waals surface area contributed by atoms with Crippen LogP contribution in [0.1, 0.15) is 29.8 Å². The number of anilines is 1. The zero-order chi connectivity index (χ0) is 12.8. The number of carbonyl (C=O) groups is 2. The van der Waals surface area contributed by atoms with Crippen molar-refractivity contribution >= 4 is 33.4 Å². The van der Waals surface area contributed by atoms with E-state index >= 15 is 0 Å². The maximum absolute atomic E-state index is 12.0. The number of hydrogen-bond acceptors (Lipinski definition) is 3. The van der Waals surface area contributed by atoms with Crippen LogP contribution < -0.4 is 4.90 Å². The van der Waals surface area contributed by atoms with Crippen LogP contribution in [0.2, 0.25) is 0 Å². The molecule has 1 amide bonds. The molecular weight excluding hydrogens is 284 g/mol. The average molecular weight is 297 g/mol. The molecule has 0 radical (unpaired) electrons. The van der Waals surface area contributed by atoms with Crippen molar-refractivity contribution in [3.63, 3.8) is 0 Å². The number of aromatic nitrogens is 1. The van der Waals surface area contributed by atoms with Crippen molar-refractivity contribution in [3.8, 4) is 0 Å². The zero-order valence-corrected chi connectivity index (χ0v) is 11.5. The highest BCUT2D eigenvalue weighted by atomic mass is 79.9. The van der Waals surface area contributed by atoms with E-state index in [4.69, 9.17) is 0 Å². The highest BCUT2D eigenvalue weighted by Gasteiger charge is 2.43. The number of likely N-dealkylation sites (N-methyl/N-ethyl adjacent to an activating group) is 1. The second-order valence-electron chi connectivity index (χ2n) is 4.64. The van der Waals surface area contributed by atoms with Crippen LogP contribution in [0.15, 0.2) is 12.3 Å². The molecule has 0 saturated carbocycles. The molecule has 4 nitrogen and oxygen atoms in total. The van der Waals surface area contributed by atoms with E-state index in [9.17, 15) is 9.59 Å². The van der Waals surface area contributed by atoms with Crippen molar-refractivity contribution < 1.29 is 9.59 Å². The summed E-state index contributed by atoms with van der Waals surface area (Å²) in [5.74, 6) is 0.618. The quantitative estimate of drug-likeness (QED) is 0.619. The Bertz CT molecular complexity index is 511. The molecule has 2 rings (SSSR count). The fourth-order valence-corrected chi connectivity index (χ4v) is 2.37. The van der Waals surface area contributed by atoms with Gasteiger partial charge in [-0.2, -0.15) is 0 Å². The number of pyridine rings is 1. The molecule has 0 atom stereocenters. The summed E-state index contributed by atoms with van der Waals surface area (Å²) in [4.78, 5) is 29.4. The van der Waals surface area contributed by atoms with E-state index in [1.807, 2.05) is 13.8 Å². The summed E-state index contributed by atoms with van der Waals surface area (Å²) in [6.07, 6.45) is 1.52. The van der Waals surface area contributed by atoms with E-state index in [0.29, 0.717) is 11.4 Å². The van der Waals surface area contributed by atoms with Crippen LogP contribution in [0.4, 0.5) is 5.82 Å². The molecule has 0 spiro atoms. The van der Waals surface area contributed by atoms with E-state index in [1.165, 1.54) is 11.1 Å². The third-order valence-electron chi connectivity index (χ3n) is 3.14. The minimum atomic E-state index is -0.611. The largest absolute Gasteiger partial charge is 0.299 e. The third-order valence-corrected chi connectivity index (χ3v) is 3.65. The highest BCUT2D eigenvalue weighted by molar-refractivity contribution is 9.09. The normalized spacial score (nSPS) is 17.2. The SMILES string of the molecule is CN1C(=O)C(C)(C)c2cc(C(=O)CBr)cnc21. The predicted molar refractivity (Wildman–Crippen MR) is 68.8 cm³/mol. The van der Waals surface area contributed by atoms with E-state index in [1.54, 1.807) is 13.1 Å². The van der Waals surface area contributed by atoms with E-state index in [-0.39, 0.29) is 17.0 Å². The molecule has 1 aromatic rings. The van der Waals surface area contributed by atoms with Crippen LogP contribution in [0.3, 0.4) is 0 Å². The summed E-state index contributed by atoms with van der Waals surface area (Å²) in [6, 6.07) is 1.77. The molecule has 0 bridgehead atoms. The Hall–Kier alpha value is -1.23. The first-order chi connectivity index (χ1) is 7.89. The molecule has 0 unspecified atom stereocenters. The van der Waals surface area contributed by atoms with Crippen LogP contribution >= 0.6 is 15.9 Å². The lowest BCUT2D eigenvalue weighted by molar-refractivity contribution is -0.121. The van der Waals surface area contributed by atoms with Gasteiger partial charge in [-0.05, 0) is 19.9 Å². The number of nitrogens with zero attached hydrogens (tertiary/aromatic N) is 2.